The Balaban J connectivity index is 1.34. The number of allylic oxidation sites excluding steroid dienone is 3. The zero-order chi connectivity index (χ0) is 22.6. The van der Waals surface area contributed by atoms with Crippen LogP contribution in [0.25, 0.3) is 0 Å². The van der Waals surface area contributed by atoms with Crippen LogP contribution in [0.15, 0.2) is 54.3 Å². The lowest BCUT2D eigenvalue weighted by Gasteiger charge is -2.34. The fraction of sp³-hybridized carbons (Fsp3) is 0.400. The summed E-state index contributed by atoms with van der Waals surface area (Å²) in [4.78, 5) is 19.7. The lowest BCUT2D eigenvalue weighted by atomic mass is 9.96. The quantitative estimate of drug-likeness (QED) is 0.750. The van der Waals surface area contributed by atoms with Crippen LogP contribution in [0.2, 0.25) is 0 Å². The molecular weight excluding hydrogens is 414 g/mol. The minimum atomic E-state index is 0.0904. The molecule has 3 heterocycles. The van der Waals surface area contributed by atoms with Gasteiger partial charge in [-0.1, -0.05) is 18.2 Å². The number of aromatic nitrogens is 2. The smallest absolute Gasteiger partial charge is 0.229 e. The maximum Gasteiger partial charge on any atom is 0.229 e. The van der Waals surface area contributed by atoms with E-state index < -0.39 is 0 Å². The molecule has 2 aliphatic heterocycles. The highest BCUT2D eigenvalue weighted by atomic mass is 16.7. The monoisotopic (exact) mass is 443 g/mol. The highest BCUT2D eigenvalue weighted by molar-refractivity contribution is 5.62. The molecule has 5 rings (SSSR count). The van der Waals surface area contributed by atoms with Crippen molar-refractivity contribution in [3.63, 3.8) is 0 Å². The van der Waals surface area contributed by atoms with Crippen LogP contribution in [-0.2, 0) is 4.84 Å². The predicted molar refractivity (Wildman–Crippen MR) is 129 cm³/mol. The molecule has 0 saturated carbocycles. The number of hydrogen-bond donors (Lipinski definition) is 1. The number of likely N-dealkylation sites (N-methyl/N-ethyl adjacent to an activating group) is 1. The fourth-order valence-corrected chi connectivity index (χ4v) is 4.54. The molecule has 0 radical (unpaired) electrons. The van der Waals surface area contributed by atoms with Crippen molar-refractivity contribution in [3.05, 3.63) is 59.8 Å². The molecule has 0 bridgehead atoms. The Kier molecular flexibility index (Phi) is 6.24. The van der Waals surface area contributed by atoms with E-state index in [2.05, 4.69) is 68.6 Å². The summed E-state index contributed by atoms with van der Waals surface area (Å²) >= 11 is 0. The zero-order valence-electron chi connectivity index (χ0n) is 18.9. The molecule has 33 heavy (non-hydrogen) atoms. The molecule has 1 unspecified atom stereocenters. The van der Waals surface area contributed by atoms with Crippen LogP contribution in [0.3, 0.4) is 0 Å². The van der Waals surface area contributed by atoms with Gasteiger partial charge in [-0.15, -0.1) is 0 Å². The number of benzene rings is 1. The largest absolute Gasteiger partial charge is 0.369 e. The van der Waals surface area contributed by atoms with Crippen LogP contribution in [0.1, 0.15) is 24.8 Å². The second-order valence-corrected chi connectivity index (χ2v) is 8.68. The van der Waals surface area contributed by atoms with E-state index in [0.29, 0.717) is 23.9 Å². The maximum atomic E-state index is 9.66. The summed E-state index contributed by atoms with van der Waals surface area (Å²) in [5.74, 6) is 0.963. The molecule has 1 aromatic heterocycles. The van der Waals surface area contributed by atoms with Crippen molar-refractivity contribution in [1.82, 2.24) is 14.9 Å². The minimum absolute atomic E-state index is 0.0904. The SMILES string of the molecule is CN1CCN(c2ccc(Nc3ncc(C#N)c(N4OCCC4C4=CC=CCC4)n3)cc2)CC1. The van der Waals surface area contributed by atoms with Crippen LogP contribution in [0, 0.1) is 11.3 Å². The van der Waals surface area contributed by atoms with Crippen LogP contribution in [0.4, 0.5) is 23.1 Å². The molecule has 1 aromatic carbocycles. The first-order valence-electron chi connectivity index (χ1n) is 11.6. The van der Waals surface area contributed by atoms with Crippen LogP contribution in [0.5, 0.6) is 0 Å². The van der Waals surface area contributed by atoms with Gasteiger partial charge in [0.15, 0.2) is 5.82 Å². The third-order valence-corrected chi connectivity index (χ3v) is 6.47. The number of nitriles is 1. The molecule has 3 aliphatic rings. The molecule has 8 heteroatoms. The molecule has 2 saturated heterocycles. The third kappa shape index (κ3) is 4.70. The van der Waals surface area contributed by atoms with Crippen molar-refractivity contribution in [3.8, 4) is 6.07 Å². The first kappa shape index (κ1) is 21.4. The number of nitrogens with zero attached hydrogens (tertiary/aromatic N) is 6. The highest BCUT2D eigenvalue weighted by Crippen LogP contribution is 2.33. The molecule has 8 nitrogen and oxygen atoms in total. The molecule has 1 atom stereocenters. The van der Waals surface area contributed by atoms with E-state index in [9.17, 15) is 5.26 Å². The molecule has 1 N–H and O–H groups in total. The average molecular weight is 444 g/mol. The van der Waals surface area contributed by atoms with Gasteiger partial charge >= 0.3 is 0 Å². The van der Waals surface area contributed by atoms with Gasteiger partial charge in [0.2, 0.25) is 5.95 Å². The summed E-state index contributed by atoms with van der Waals surface area (Å²) in [5.41, 5.74) is 3.84. The van der Waals surface area contributed by atoms with Gasteiger partial charge < -0.3 is 15.1 Å². The van der Waals surface area contributed by atoms with Crippen LogP contribution < -0.4 is 15.3 Å². The van der Waals surface area contributed by atoms with Gasteiger partial charge in [0.05, 0.1) is 18.8 Å². The topological polar surface area (TPSA) is 80.5 Å². The second-order valence-electron chi connectivity index (χ2n) is 8.68. The fourth-order valence-electron chi connectivity index (χ4n) is 4.54. The summed E-state index contributed by atoms with van der Waals surface area (Å²) in [6.45, 7) is 4.84. The summed E-state index contributed by atoms with van der Waals surface area (Å²) in [7, 11) is 2.16. The second kappa shape index (κ2) is 9.61. The number of anilines is 4. The molecule has 2 aromatic rings. The number of piperazine rings is 1. The van der Waals surface area contributed by atoms with Gasteiger partial charge in [0.1, 0.15) is 11.6 Å². The van der Waals surface area contributed by atoms with Crippen LogP contribution in [-0.4, -0.2) is 60.7 Å². The van der Waals surface area contributed by atoms with E-state index in [1.165, 1.54) is 11.3 Å². The van der Waals surface area contributed by atoms with Crippen molar-refractivity contribution in [2.75, 3.05) is 55.1 Å². The lowest BCUT2D eigenvalue weighted by molar-refractivity contribution is 0.159. The van der Waals surface area contributed by atoms with Gasteiger partial charge in [-0.25, -0.2) is 10.0 Å². The van der Waals surface area contributed by atoms with Crippen molar-refractivity contribution < 1.29 is 4.84 Å². The van der Waals surface area contributed by atoms with Crippen molar-refractivity contribution >= 4 is 23.1 Å². The van der Waals surface area contributed by atoms with Crippen molar-refractivity contribution in [2.45, 2.75) is 25.3 Å². The van der Waals surface area contributed by atoms with E-state index >= 15 is 0 Å². The van der Waals surface area contributed by atoms with Gasteiger partial charge in [0.25, 0.3) is 0 Å². The van der Waals surface area contributed by atoms with Gasteiger partial charge in [0, 0.05) is 44.0 Å². The normalized spacial score (nSPS) is 21.1. The Morgan fingerprint density at radius 3 is 2.70 bits per heavy atom. The Morgan fingerprint density at radius 1 is 1.15 bits per heavy atom. The standard InChI is InChI=1S/C25H29N7O/c1-30-12-14-31(15-13-30)22-9-7-21(8-10-22)28-25-27-18-20(17-26)24(29-25)32-23(11-16-33-32)19-5-3-2-4-6-19/h2-3,5,7-10,18,23H,4,6,11-16H2,1H3,(H,27,28,29). The van der Waals surface area contributed by atoms with Gasteiger partial charge in [-0.05, 0) is 49.7 Å². The van der Waals surface area contributed by atoms with Crippen molar-refractivity contribution in [2.24, 2.45) is 0 Å². The molecular formula is C25H29N7O. The Labute approximate surface area is 194 Å². The Morgan fingerprint density at radius 2 is 1.97 bits per heavy atom. The van der Waals surface area contributed by atoms with Gasteiger partial charge in [-0.2, -0.15) is 10.2 Å². The van der Waals surface area contributed by atoms with E-state index in [4.69, 9.17) is 4.84 Å². The summed E-state index contributed by atoms with van der Waals surface area (Å²) in [6, 6.07) is 10.6. The van der Waals surface area contributed by atoms with E-state index in [1.54, 1.807) is 11.3 Å². The minimum Gasteiger partial charge on any atom is -0.369 e. The lowest BCUT2D eigenvalue weighted by Crippen LogP contribution is -2.44. The number of hydroxylamine groups is 1. The first-order valence-corrected chi connectivity index (χ1v) is 11.6. The maximum absolute atomic E-state index is 9.66. The number of rotatable bonds is 5. The molecule has 0 amide bonds. The van der Waals surface area contributed by atoms with E-state index in [-0.39, 0.29) is 6.04 Å². The number of nitrogens with one attached hydrogen (secondary N) is 1. The van der Waals surface area contributed by atoms with Crippen molar-refractivity contribution in [1.29, 1.82) is 5.26 Å². The molecule has 1 aliphatic carbocycles. The molecule has 2 fully saturated rings. The molecule has 170 valence electrons. The zero-order valence-corrected chi connectivity index (χ0v) is 18.9. The van der Waals surface area contributed by atoms with Crippen LogP contribution >= 0.6 is 0 Å². The summed E-state index contributed by atoms with van der Waals surface area (Å²) in [5, 5.41) is 14.7. The van der Waals surface area contributed by atoms with E-state index in [0.717, 1.165) is 51.1 Å². The Bertz CT molecular complexity index is 1080. The predicted octanol–water partition coefficient (Wildman–Crippen LogP) is 3.63. The third-order valence-electron chi connectivity index (χ3n) is 6.47. The summed E-state index contributed by atoms with van der Waals surface area (Å²) in [6.07, 6.45) is 10.9. The molecule has 0 spiro atoms. The number of hydrogen-bond acceptors (Lipinski definition) is 8. The first-order chi connectivity index (χ1) is 16.2. The Hall–Kier alpha value is -3.41. The summed E-state index contributed by atoms with van der Waals surface area (Å²) < 4.78 is 0. The highest BCUT2D eigenvalue weighted by Gasteiger charge is 2.32. The van der Waals surface area contributed by atoms with Gasteiger partial charge in [-0.3, -0.25) is 4.84 Å². The average Bonchev–Trinajstić information content (AvgIpc) is 3.35. The van der Waals surface area contributed by atoms with E-state index in [1.807, 2.05) is 12.1 Å².